The van der Waals surface area contributed by atoms with E-state index in [0.717, 1.165) is 32.3 Å². The smallest absolute Gasteiger partial charge is 0.266 e. The number of aromatic nitrogens is 2. The molecule has 1 aromatic carbocycles. The second-order valence-electron chi connectivity index (χ2n) is 5.29. The average Bonchev–Trinajstić information content (AvgIpc) is 2.88. The second-order valence-corrected chi connectivity index (χ2v) is 7.62. The quantitative estimate of drug-likeness (QED) is 0.572. The first-order valence-corrected chi connectivity index (χ1v) is 8.91. The molecule has 4 rings (SSSR count). The highest BCUT2D eigenvalue weighted by Crippen LogP contribution is 2.33. The Labute approximate surface area is 139 Å². The van der Waals surface area contributed by atoms with Crippen LogP contribution in [0.1, 0.15) is 23.3 Å². The van der Waals surface area contributed by atoms with Gasteiger partial charge in [0.25, 0.3) is 5.56 Å². The summed E-state index contributed by atoms with van der Waals surface area (Å²) in [6, 6.07) is 7.95. The van der Waals surface area contributed by atoms with Crippen molar-refractivity contribution in [1.29, 1.82) is 0 Å². The van der Waals surface area contributed by atoms with Crippen molar-refractivity contribution in [2.24, 2.45) is 0 Å². The monoisotopic (exact) mass is 408 g/mol. The molecule has 0 atom stereocenters. The molecule has 0 saturated carbocycles. The summed E-state index contributed by atoms with van der Waals surface area (Å²) < 4.78 is 2.83. The minimum atomic E-state index is 0.0700. The van der Waals surface area contributed by atoms with Gasteiger partial charge in [0.2, 0.25) is 0 Å². The van der Waals surface area contributed by atoms with E-state index in [4.69, 9.17) is 0 Å². The first-order valence-electron chi connectivity index (χ1n) is 7.02. The van der Waals surface area contributed by atoms with E-state index in [9.17, 15) is 4.79 Å². The molecular formula is C16H13IN2OS. The first kappa shape index (κ1) is 13.5. The normalized spacial score (nSPS) is 14.3. The van der Waals surface area contributed by atoms with Crippen LogP contribution in [0.5, 0.6) is 0 Å². The number of halogens is 1. The summed E-state index contributed by atoms with van der Waals surface area (Å²) in [5.41, 5.74) is 2.20. The van der Waals surface area contributed by atoms with E-state index >= 15 is 0 Å². The largest absolute Gasteiger partial charge is 0.268 e. The van der Waals surface area contributed by atoms with E-state index in [0.29, 0.717) is 0 Å². The Hall–Kier alpha value is -1.21. The van der Waals surface area contributed by atoms with E-state index in [1.54, 1.807) is 22.2 Å². The fraction of sp³-hybridized carbons (Fsp3) is 0.250. The lowest BCUT2D eigenvalue weighted by Gasteiger charge is -2.10. The molecule has 1 aliphatic rings. The lowest BCUT2D eigenvalue weighted by atomic mass is 9.97. The molecule has 21 heavy (non-hydrogen) atoms. The fourth-order valence-electron chi connectivity index (χ4n) is 2.93. The third-order valence-corrected chi connectivity index (χ3v) is 5.90. The molecule has 0 fully saturated rings. The van der Waals surface area contributed by atoms with E-state index in [1.807, 2.05) is 24.3 Å². The number of hydrogen-bond acceptors (Lipinski definition) is 3. The second kappa shape index (κ2) is 5.21. The van der Waals surface area contributed by atoms with Gasteiger partial charge in [0, 0.05) is 8.45 Å². The van der Waals surface area contributed by atoms with Crippen molar-refractivity contribution in [3.63, 3.8) is 0 Å². The third kappa shape index (κ3) is 2.23. The van der Waals surface area contributed by atoms with Crippen LogP contribution in [0.15, 0.2) is 35.4 Å². The molecule has 1 aliphatic carbocycles. The van der Waals surface area contributed by atoms with Gasteiger partial charge < -0.3 is 0 Å². The van der Waals surface area contributed by atoms with Crippen LogP contribution in [0, 0.1) is 3.57 Å². The molecule has 0 amide bonds. The van der Waals surface area contributed by atoms with Crippen molar-refractivity contribution in [2.45, 2.75) is 25.7 Å². The van der Waals surface area contributed by atoms with Gasteiger partial charge in [0.15, 0.2) is 0 Å². The SMILES string of the molecule is O=c1c2c3c(sc2ncn1-c1ccc(I)cc1)CCCC3. The van der Waals surface area contributed by atoms with Crippen LogP contribution < -0.4 is 5.56 Å². The molecule has 2 aromatic heterocycles. The molecular weight excluding hydrogens is 395 g/mol. The fourth-order valence-corrected chi connectivity index (χ4v) is 4.51. The zero-order valence-corrected chi connectivity index (χ0v) is 14.3. The zero-order valence-electron chi connectivity index (χ0n) is 11.3. The lowest BCUT2D eigenvalue weighted by molar-refractivity contribution is 0.699. The summed E-state index contributed by atoms with van der Waals surface area (Å²) >= 11 is 3.96. The summed E-state index contributed by atoms with van der Waals surface area (Å²) in [7, 11) is 0. The van der Waals surface area contributed by atoms with Crippen LogP contribution in [0.3, 0.4) is 0 Å². The third-order valence-electron chi connectivity index (χ3n) is 3.98. The number of thiophene rings is 1. The maximum Gasteiger partial charge on any atom is 0.266 e. The molecule has 0 unspecified atom stereocenters. The Bertz CT molecular complexity index is 880. The van der Waals surface area contributed by atoms with Gasteiger partial charge in [-0.15, -0.1) is 11.3 Å². The number of benzene rings is 1. The van der Waals surface area contributed by atoms with Gasteiger partial charge in [-0.2, -0.15) is 0 Å². The maximum absolute atomic E-state index is 12.9. The van der Waals surface area contributed by atoms with Gasteiger partial charge in [-0.05, 0) is 78.1 Å². The maximum atomic E-state index is 12.9. The van der Waals surface area contributed by atoms with E-state index in [1.165, 1.54) is 23.3 Å². The molecule has 2 heterocycles. The summed E-state index contributed by atoms with van der Waals surface area (Å²) in [6.07, 6.45) is 6.18. The Morgan fingerprint density at radius 2 is 1.90 bits per heavy atom. The number of rotatable bonds is 1. The molecule has 0 spiro atoms. The molecule has 0 bridgehead atoms. The van der Waals surface area contributed by atoms with Crippen LogP contribution in [0.4, 0.5) is 0 Å². The van der Waals surface area contributed by atoms with Crippen LogP contribution >= 0.6 is 33.9 Å². The van der Waals surface area contributed by atoms with Gasteiger partial charge >= 0.3 is 0 Å². The standard InChI is InChI=1S/C16H13IN2OS/c17-10-5-7-11(8-6-10)19-9-18-15-14(16(19)20)12-3-1-2-4-13(12)21-15/h5-9H,1-4H2. The van der Waals surface area contributed by atoms with Crippen molar-refractivity contribution in [3.05, 3.63) is 55.0 Å². The summed E-state index contributed by atoms with van der Waals surface area (Å²) in [5, 5.41) is 0.843. The Morgan fingerprint density at radius 1 is 1.14 bits per heavy atom. The number of aryl methyl sites for hydroxylation is 2. The Balaban J connectivity index is 1.97. The zero-order chi connectivity index (χ0) is 14.4. The van der Waals surface area contributed by atoms with Crippen molar-refractivity contribution in [3.8, 4) is 5.69 Å². The topological polar surface area (TPSA) is 34.9 Å². The van der Waals surface area contributed by atoms with Crippen LogP contribution in [0.2, 0.25) is 0 Å². The van der Waals surface area contributed by atoms with Gasteiger partial charge in [-0.25, -0.2) is 4.98 Å². The summed E-state index contributed by atoms with van der Waals surface area (Å²) in [5.74, 6) is 0. The summed E-state index contributed by atoms with van der Waals surface area (Å²) in [6.45, 7) is 0. The highest BCUT2D eigenvalue weighted by molar-refractivity contribution is 14.1. The van der Waals surface area contributed by atoms with Crippen molar-refractivity contribution in [1.82, 2.24) is 9.55 Å². The highest BCUT2D eigenvalue weighted by Gasteiger charge is 2.20. The van der Waals surface area contributed by atoms with E-state index in [2.05, 4.69) is 27.6 Å². The molecule has 0 saturated heterocycles. The number of fused-ring (bicyclic) bond motifs is 3. The minimum Gasteiger partial charge on any atom is -0.268 e. The van der Waals surface area contributed by atoms with Gasteiger partial charge in [0.1, 0.15) is 11.2 Å². The molecule has 0 radical (unpaired) electrons. The lowest BCUT2D eigenvalue weighted by Crippen LogP contribution is -2.19. The predicted octanol–water partition coefficient (Wildman–Crippen LogP) is 3.93. The Kier molecular flexibility index (Phi) is 3.34. The average molecular weight is 408 g/mol. The number of hydrogen-bond donors (Lipinski definition) is 0. The van der Waals surface area contributed by atoms with Crippen LogP contribution in [-0.4, -0.2) is 9.55 Å². The Morgan fingerprint density at radius 3 is 2.71 bits per heavy atom. The van der Waals surface area contributed by atoms with Crippen LogP contribution in [0.25, 0.3) is 15.9 Å². The minimum absolute atomic E-state index is 0.0700. The van der Waals surface area contributed by atoms with Crippen molar-refractivity contribution >= 4 is 44.1 Å². The van der Waals surface area contributed by atoms with Gasteiger partial charge in [-0.3, -0.25) is 9.36 Å². The highest BCUT2D eigenvalue weighted by atomic mass is 127. The molecule has 0 N–H and O–H groups in total. The van der Waals surface area contributed by atoms with Gasteiger partial charge in [0.05, 0.1) is 11.1 Å². The van der Waals surface area contributed by atoms with Crippen molar-refractivity contribution < 1.29 is 0 Å². The molecule has 0 aliphatic heterocycles. The summed E-state index contributed by atoms with van der Waals surface area (Å²) in [4.78, 5) is 19.7. The van der Waals surface area contributed by atoms with Crippen LogP contribution in [-0.2, 0) is 12.8 Å². The number of nitrogens with zero attached hydrogens (tertiary/aromatic N) is 2. The first-order chi connectivity index (χ1) is 10.2. The van der Waals surface area contributed by atoms with E-state index < -0.39 is 0 Å². The molecule has 3 nitrogen and oxygen atoms in total. The van der Waals surface area contributed by atoms with Gasteiger partial charge in [-0.1, -0.05) is 0 Å². The molecule has 5 heteroatoms. The van der Waals surface area contributed by atoms with E-state index in [-0.39, 0.29) is 5.56 Å². The predicted molar refractivity (Wildman–Crippen MR) is 94.6 cm³/mol. The molecule has 3 aromatic rings. The molecule has 106 valence electrons. The van der Waals surface area contributed by atoms with Crippen molar-refractivity contribution in [2.75, 3.05) is 0 Å².